The van der Waals surface area contributed by atoms with E-state index in [2.05, 4.69) is 5.32 Å². The summed E-state index contributed by atoms with van der Waals surface area (Å²) in [5, 5.41) is 20.5. The number of aliphatic hydroxyl groups is 1. The largest absolute Gasteiger partial charge is 0.491 e. The third-order valence-corrected chi connectivity index (χ3v) is 5.07. The lowest BCUT2D eigenvalue weighted by molar-refractivity contribution is -0.124. The van der Waals surface area contributed by atoms with Gasteiger partial charge in [0.1, 0.15) is 18.5 Å². The Hall–Kier alpha value is -3.05. The van der Waals surface area contributed by atoms with Gasteiger partial charge in [-0.25, -0.2) is 10.3 Å². The minimum atomic E-state index is -0.948. The van der Waals surface area contributed by atoms with E-state index >= 15 is 0 Å². The molecule has 0 saturated carbocycles. The van der Waals surface area contributed by atoms with Crippen molar-refractivity contribution in [2.45, 2.75) is 24.0 Å². The van der Waals surface area contributed by atoms with Crippen molar-refractivity contribution in [2.24, 2.45) is 0 Å². The molecule has 2 atom stereocenters. The molecule has 9 nitrogen and oxygen atoms in total. The van der Waals surface area contributed by atoms with E-state index in [-0.39, 0.29) is 19.8 Å². The number of carbonyl (C=O) groups is 2. The van der Waals surface area contributed by atoms with E-state index in [0.717, 1.165) is 11.0 Å². The highest BCUT2D eigenvalue weighted by molar-refractivity contribution is 7.98. The summed E-state index contributed by atoms with van der Waals surface area (Å²) < 4.78 is 16.9. The van der Waals surface area contributed by atoms with Gasteiger partial charge in [0, 0.05) is 23.3 Å². The van der Waals surface area contributed by atoms with Crippen molar-refractivity contribution in [2.75, 3.05) is 31.4 Å². The van der Waals surface area contributed by atoms with Crippen LogP contribution in [0.3, 0.4) is 0 Å². The molecular formula is C23H28N2O7S. The number of aliphatic hydroxyl groups excluding tert-OH is 1. The van der Waals surface area contributed by atoms with Gasteiger partial charge in [-0.3, -0.25) is 15.3 Å². The number of hydroxylamine groups is 1. The van der Waals surface area contributed by atoms with Gasteiger partial charge in [-0.2, -0.15) is 0 Å². The van der Waals surface area contributed by atoms with Crippen LogP contribution in [0, 0.1) is 0 Å². The van der Waals surface area contributed by atoms with Gasteiger partial charge in [0.2, 0.25) is 0 Å². The molecule has 10 heteroatoms. The first kappa shape index (κ1) is 26.2. The number of rotatable bonds is 12. The van der Waals surface area contributed by atoms with E-state index in [9.17, 15) is 9.59 Å². The van der Waals surface area contributed by atoms with Crippen molar-refractivity contribution in [1.29, 1.82) is 0 Å². The molecule has 0 fully saturated rings. The summed E-state index contributed by atoms with van der Waals surface area (Å²) in [5.41, 5.74) is 2.61. The molecule has 0 aliphatic carbocycles. The van der Waals surface area contributed by atoms with E-state index in [1.54, 1.807) is 55.1 Å². The van der Waals surface area contributed by atoms with E-state index in [4.69, 9.17) is 24.5 Å². The van der Waals surface area contributed by atoms with Crippen LogP contribution in [0.1, 0.15) is 18.6 Å². The fourth-order valence-electron chi connectivity index (χ4n) is 2.86. The number of thioether (sulfide) groups is 1. The molecule has 0 aliphatic heterocycles. The Morgan fingerprint density at radius 3 is 2.58 bits per heavy atom. The highest BCUT2D eigenvalue weighted by atomic mass is 32.2. The normalized spacial score (nSPS) is 12.7. The maximum absolute atomic E-state index is 12.7. The van der Waals surface area contributed by atoms with Gasteiger partial charge >= 0.3 is 6.09 Å². The summed E-state index contributed by atoms with van der Waals surface area (Å²) in [6, 6.07) is 14.1. The monoisotopic (exact) mass is 476 g/mol. The van der Waals surface area contributed by atoms with Crippen LogP contribution in [0.5, 0.6) is 5.75 Å². The molecule has 2 amide bonds. The topological polar surface area (TPSA) is 126 Å². The average Bonchev–Trinajstić information content (AvgIpc) is 2.84. The third-order valence-electron chi connectivity index (χ3n) is 4.32. The lowest BCUT2D eigenvalue weighted by Crippen LogP contribution is -2.28. The summed E-state index contributed by atoms with van der Waals surface area (Å²) in [6.07, 6.45) is 1.92. The van der Waals surface area contributed by atoms with Crippen molar-refractivity contribution in [3.63, 3.8) is 0 Å². The maximum atomic E-state index is 12.7. The fourth-order valence-corrected chi connectivity index (χ4v) is 3.27. The molecular weight excluding hydrogens is 448 g/mol. The number of benzene rings is 2. The summed E-state index contributed by atoms with van der Waals surface area (Å²) in [6.45, 7) is 1.99. The minimum Gasteiger partial charge on any atom is -0.491 e. The number of hydrogen-bond acceptors (Lipinski definition) is 8. The van der Waals surface area contributed by atoms with Crippen LogP contribution in [0.15, 0.2) is 65.6 Å². The summed E-state index contributed by atoms with van der Waals surface area (Å²) in [7, 11) is 0. The molecule has 4 N–H and O–H groups in total. The fraction of sp³-hybridized carbons (Fsp3) is 0.304. The number of carbonyl (C=O) groups excluding carboxylic acids is 2. The van der Waals surface area contributed by atoms with Gasteiger partial charge in [-0.05, 0) is 61.2 Å². The zero-order valence-corrected chi connectivity index (χ0v) is 19.2. The Balaban J connectivity index is 2.30. The minimum absolute atomic E-state index is 0.104. The van der Waals surface area contributed by atoms with E-state index in [0.29, 0.717) is 17.0 Å². The molecule has 0 unspecified atom stereocenters. The Morgan fingerprint density at radius 2 is 1.94 bits per heavy atom. The van der Waals surface area contributed by atoms with Crippen LogP contribution in [0.4, 0.5) is 10.5 Å². The molecule has 0 aromatic heterocycles. The molecule has 178 valence electrons. The second kappa shape index (κ2) is 14.2. The Kier molecular flexibility index (Phi) is 11.3. The van der Waals surface area contributed by atoms with Gasteiger partial charge in [0.15, 0.2) is 6.10 Å². The van der Waals surface area contributed by atoms with Crippen molar-refractivity contribution in [3.05, 3.63) is 66.2 Å². The molecule has 2 aromatic carbocycles. The number of amides is 2. The molecule has 2 rings (SSSR count). The third kappa shape index (κ3) is 8.78. The number of nitrogens with one attached hydrogen (secondary N) is 2. The Morgan fingerprint density at radius 1 is 1.18 bits per heavy atom. The second-order valence-corrected chi connectivity index (χ2v) is 7.46. The highest BCUT2D eigenvalue weighted by Crippen LogP contribution is 2.29. The van der Waals surface area contributed by atoms with Gasteiger partial charge in [0.25, 0.3) is 5.91 Å². The molecule has 2 aromatic rings. The van der Waals surface area contributed by atoms with E-state index in [1.165, 1.54) is 11.6 Å². The van der Waals surface area contributed by atoms with Crippen LogP contribution < -0.4 is 15.5 Å². The van der Waals surface area contributed by atoms with Crippen molar-refractivity contribution < 1.29 is 34.1 Å². The van der Waals surface area contributed by atoms with Crippen LogP contribution in [-0.2, 0) is 14.3 Å². The smallest absolute Gasteiger partial charge is 0.412 e. The van der Waals surface area contributed by atoms with E-state index < -0.39 is 24.2 Å². The molecule has 0 saturated heterocycles. The first-order valence-electron chi connectivity index (χ1n) is 10.2. The van der Waals surface area contributed by atoms with Crippen molar-refractivity contribution >= 4 is 29.4 Å². The van der Waals surface area contributed by atoms with Crippen LogP contribution in [0.2, 0.25) is 0 Å². The molecule has 33 heavy (non-hydrogen) atoms. The summed E-state index contributed by atoms with van der Waals surface area (Å²) in [4.78, 5) is 25.3. The Bertz CT molecular complexity index is 921. The zero-order chi connectivity index (χ0) is 24.1. The summed E-state index contributed by atoms with van der Waals surface area (Å²) >= 11 is 1.58. The van der Waals surface area contributed by atoms with Crippen molar-refractivity contribution in [3.8, 4) is 5.75 Å². The molecule has 0 spiro atoms. The molecule has 0 bridgehead atoms. The summed E-state index contributed by atoms with van der Waals surface area (Å²) in [5.74, 6) is -0.285. The number of ether oxygens (including phenoxy) is 3. The predicted molar refractivity (Wildman–Crippen MR) is 125 cm³/mol. The quantitative estimate of drug-likeness (QED) is 0.159. The number of anilines is 1. The van der Waals surface area contributed by atoms with E-state index in [1.807, 2.05) is 18.4 Å². The first-order valence-corrected chi connectivity index (χ1v) is 11.4. The molecule has 0 heterocycles. The van der Waals surface area contributed by atoms with Gasteiger partial charge < -0.3 is 19.3 Å². The van der Waals surface area contributed by atoms with Crippen LogP contribution >= 0.6 is 11.8 Å². The highest BCUT2D eigenvalue weighted by Gasteiger charge is 2.27. The molecule has 0 aliphatic rings. The van der Waals surface area contributed by atoms with Crippen LogP contribution in [0.25, 0.3) is 0 Å². The SMILES string of the molecule is CCO[C@H](/C=C/C(=O)NO)[C@H](OC(=O)Nc1ccc(SC)cc1)c1cccc(OCCO)c1. The maximum Gasteiger partial charge on any atom is 0.412 e. The average molecular weight is 477 g/mol. The van der Waals surface area contributed by atoms with Crippen molar-refractivity contribution in [1.82, 2.24) is 5.48 Å². The first-order chi connectivity index (χ1) is 16.0. The predicted octanol–water partition coefficient (Wildman–Crippen LogP) is 3.54. The molecule has 0 radical (unpaired) electrons. The second-order valence-electron chi connectivity index (χ2n) is 6.58. The van der Waals surface area contributed by atoms with Gasteiger partial charge in [-0.1, -0.05) is 12.1 Å². The lowest BCUT2D eigenvalue weighted by Gasteiger charge is -2.25. The lowest BCUT2D eigenvalue weighted by atomic mass is 10.0. The van der Waals surface area contributed by atoms with Crippen LogP contribution in [-0.4, -0.2) is 54.5 Å². The van der Waals surface area contributed by atoms with Gasteiger partial charge in [0.05, 0.1) is 6.61 Å². The number of hydrogen-bond donors (Lipinski definition) is 4. The van der Waals surface area contributed by atoms with Gasteiger partial charge in [-0.15, -0.1) is 11.8 Å². The zero-order valence-electron chi connectivity index (χ0n) is 18.4. The standard InChI is InChI=1S/C23H28N2O7S/c1-3-30-20(11-12-21(27)25-29)22(16-5-4-6-18(15-16)31-14-13-26)32-23(28)24-17-7-9-19(33-2)10-8-17/h4-12,15,20,22,26,29H,3,13-14H2,1-2H3,(H,24,28)(H,25,27)/b12-11+/t20-,22-/m1/s1. The Labute approximate surface area is 196 Å².